The number of nitrogens with two attached hydrogens (primary N) is 1. The zero-order valence-electron chi connectivity index (χ0n) is 8.82. The molecule has 0 heterocycles. The van der Waals surface area contributed by atoms with Gasteiger partial charge >= 0.3 is 5.97 Å². The molecule has 1 aliphatic rings. The van der Waals surface area contributed by atoms with Gasteiger partial charge in [0.15, 0.2) is 0 Å². The summed E-state index contributed by atoms with van der Waals surface area (Å²) in [6.07, 6.45) is 7.13. The molecule has 0 aromatic rings. The number of hydrogen-bond donors (Lipinski definition) is 2. The van der Waals surface area contributed by atoms with Crippen LogP contribution in [0.15, 0.2) is 24.3 Å². The Hall–Kier alpha value is -0.873. The summed E-state index contributed by atoms with van der Waals surface area (Å²) in [5.74, 6) is -1.42. The highest BCUT2D eigenvalue weighted by molar-refractivity contribution is 6.80. The van der Waals surface area contributed by atoms with Gasteiger partial charge in [-0.1, -0.05) is 43.9 Å². The number of carboxylic acid groups (broad SMARTS) is 1. The second-order valence-corrected chi connectivity index (χ2v) is 10.1. The van der Waals surface area contributed by atoms with E-state index in [2.05, 4.69) is 19.6 Å². The van der Waals surface area contributed by atoms with E-state index < -0.39 is 25.1 Å². The zero-order valence-corrected chi connectivity index (χ0v) is 9.82. The summed E-state index contributed by atoms with van der Waals surface area (Å²) >= 11 is 0. The van der Waals surface area contributed by atoms with Gasteiger partial charge in [0, 0.05) is 5.16 Å². The van der Waals surface area contributed by atoms with Crippen LogP contribution >= 0.6 is 0 Å². The molecule has 0 aromatic carbocycles. The van der Waals surface area contributed by atoms with Crippen molar-refractivity contribution in [3.05, 3.63) is 24.3 Å². The molecule has 14 heavy (non-hydrogen) atoms. The van der Waals surface area contributed by atoms with Gasteiger partial charge in [-0.25, -0.2) is 0 Å². The Morgan fingerprint density at radius 1 is 1.43 bits per heavy atom. The molecule has 0 bridgehead atoms. The molecule has 4 heteroatoms. The van der Waals surface area contributed by atoms with Crippen LogP contribution in [0.4, 0.5) is 0 Å². The molecule has 0 saturated carbocycles. The lowest BCUT2D eigenvalue weighted by atomic mass is 9.95. The molecular weight excluding hydrogens is 194 g/mol. The van der Waals surface area contributed by atoms with Crippen molar-refractivity contribution in [3.8, 4) is 0 Å². The van der Waals surface area contributed by atoms with Gasteiger partial charge in [-0.05, 0) is 0 Å². The minimum atomic E-state index is -1.75. The maximum atomic E-state index is 11.1. The first-order valence-corrected chi connectivity index (χ1v) is 8.17. The molecule has 3 nitrogen and oxygen atoms in total. The van der Waals surface area contributed by atoms with E-state index in [4.69, 9.17) is 10.8 Å². The van der Waals surface area contributed by atoms with E-state index in [-0.39, 0.29) is 0 Å². The quantitative estimate of drug-likeness (QED) is 0.678. The molecule has 0 radical (unpaired) electrons. The normalized spacial score (nSPS) is 31.9. The molecule has 0 aromatic heterocycles. The Labute approximate surface area is 85.3 Å². The molecule has 2 atom stereocenters. The van der Waals surface area contributed by atoms with Crippen LogP contribution in [-0.4, -0.2) is 24.3 Å². The highest BCUT2D eigenvalue weighted by atomic mass is 28.3. The lowest BCUT2D eigenvalue weighted by molar-refractivity contribution is -0.140. The van der Waals surface area contributed by atoms with Gasteiger partial charge in [0.2, 0.25) is 0 Å². The maximum absolute atomic E-state index is 11.1. The summed E-state index contributed by atoms with van der Waals surface area (Å²) in [7, 11) is -1.75. The predicted molar refractivity (Wildman–Crippen MR) is 59.7 cm³/mol. The summed E-state index contributed by atoms with van der Waals surface area (Å²) in [4.78, 5) is 11.1. The van der Waals surface area contributed by atoms with Crippen LogP contribution in [0.1, 0.15) is 0 Å². The van der Waals surface area contributed by atoms with Crippen molar-refractivity contribution in [1.29, 1.82) is 0 Å². The molecule has 0 spiro atoms. The third kappa shape index (κ3) is 1.67. The van der Waals surface area contributed by atoms with Crippen molar-refractivity contribution in [2.75, 3.05) is 0 Å². The van der Waals surface area contributed by atoms with Crippen molar-refractivity contribution in [1.82, 2.24) is 0 Å². The SMILES string of the molecule is C[Si](C)(C)C1(N)C=CC=CC1C(=O)O. The second-order valence-electron chi connectivity index (χ2n) is 4.74. The van der Waals surface area contributed by atoms with Crippen LogP contribution in [-0.2, 0) is 4.79 Å². The number of carboxylic acids is 1. The van der Waals surface area contributed by atoms with Gasteiger partial charge in [-0.15, -0.1) is 0 Å². The molecule has 2 unspecified atom stereocenters. The predicted octanol–water partition coefficient (Wildman–Crippen LogP) is 1.39. The molecular formula is C10H17NO2Si. The Bertz CT molecular complexity index is 304. The van der Waals surface area contributed by atoms with Crippen LogP contribution in [0, 0.1) is 5.92 Å². The number of allylic oxidation sites excluding steroid dienone is 2. The van der Waals surface area contributed by atoms with E-state index in [0.29, 0.717) is 0 Å². The second kappa shape index (κ2) is 3.36. The Kier molecular flexibility index (Phi) is 2.69. The minimum Gasteiger partial charge on any atom is -0.481 e. The van der Waals surface area contributed by atoms with E-state index >= 15 is 0 Å². The molecule has 1 aliphatic carbocycles. The van der Waals surface area contributed by atoms with Crippen LogP contribution < -0.4 is 5.73 Å². The Balaban J connectivity index is 3.13. The summed E-state index contributed by atoms with van der Waals surface area (Å²) < 4.78 is 0. The third-order valence-electron chi connectivity index (χ3n) is 2.87. The van der Waals surface area contributed by atoms with Gasteiger partial charge in [-0.2, -0.15) is 0 Å². The fourth-order valence-corrected chi connectivity index (χ4v) is 3.41. The van der Waals surface area contributed by atoms with E-state index in [1.165, 1.54) is 0 Å². The summed E-state index contributed by atoms with van der Waals surface area (Å²) in [6, 6.07) is 0. The van der Waals surface area contributed by atoms with Gasteiger partial charge < -0.3 is 10.8 Å². The maximum Gasteiger partial charge on any atom is 0.312 e. The highest BCUT2D eigenvalue weighted by Gasteiger charge is 2.47. The molecule has 3 N–H and O–H groups in total. The lowest BCUT2D eigenvalue weighted by Crippen LogP contribution is -2.64. The molecule has 0 amide bonds. The molecule has 78 valence electrons. The van der Waals surface area contributed by atoms with E-state index in [0.717, 1.165) is 0 Å². The number of hydrogen-bond acceptors (Lipinski definition) is 2. The van der Waals surface area contributed by atoms with E-state index in [1.807, 2.05) is 12.2 Å². The first-order valence-electron chi connectivity index (χ1n) is 4.67. The topological polar surface area (TPSA) is 63.3 Å². The minimum absolute atomic E-state index is 0.584. The van der Waals surface area contributed by atoms with Gasteiger partial charge in [0.05, 0.1) is 14.0 Å². The molecule has 0 aliphatic heterocycles. The Morgan fingerprint density at radius 2 is 2.00 bits per heavy atom. The van der Waals surface area contributed by atoms with Crippen molar-refractivity contribution in [2.24, 2.45) is 11.7 Å². The van der Waals surface area contributed by atoms with Gasteiger partial charge in [0.1, 0.15) is 0 Å². The van der Waals surface area contributed by atoms with Crippen LogP contribution in [0.3, 0.4) is 0 Å². The van der Waals surface area contributed by atoms with Crippen LogP contribution in [0.25, 0.3) is 0 Å². The van der Waals surface area contributed by atoms with Gasteiger partial charge in [-0.3, -0.25) is 4.79 Å². The van der Waals surface area contributed by atoms with Crippen molar-refractivity contribution < 1.29 is 9.90 Å². The van der Waals surface area contributed by atoms with Crippen LogP contribution in [0.5, 0.6) is 0 Å². The van der Waals surface area contributed by atoms with E-state index in [9.17, 15) is 4.79 Å². The largest absolute Gasteiger partial charge is 0.481 e. The van der Waals surface area contributed by atoms with Gasteiger partial charge in [0.25, 0.3) is 0 Å². The first-order chi connectivity index (χ1) is 6.29. The van der Waals surface area contributed by atoms with E-state index in [1.54, 1.807) is 12.2 Å². The zero-order chi connectivity index (χ0) is 11.0. The average Bonchev–Trinajstić information content (AvgIpc) is 2.02. The van der Waals surface area contributed by atoms with Crippen LogP contribution in [0.2, 0.25) is 19.6 Å². The fraction of sp³-hybridized carbons (Fsp3) is 0.500. The molecule has 0 saturated heterocycles. The third-order valence-corrected chi connectivity index (χ3v) is 5.94. The number of aliphatic carboxylic acids is 1. The van der Waals surface area contributed by atoms with Crippen molar-refractivity contribution >= 4 is 14.0 Å². The molecule has 0 fully saturated rings. The first kappa shape index (κ1) is 11.2. The van der Waals surface area contributed by atoms with Crippen molar-refractivity contribution in [2.45, 2.75) is 24.8 Å². The lowest BCUT2D eigenvalue weighted by Gasteiger charge is -2.42. The number of rotatable bonds is 2. The monoisotopic (exact) mass is 211 g/mol. The summed E-state index contributed by atoms with van der Waals surface area (Å²) in [5, 5.41) is 8.42. The molecule has 1 rings (SSSR count). The summed E-state index contributed by atoms with van der Waals surface area (Å²) in [6.45, 7) is 6.27. The fourth-order valence-electron chi connectivity index (χ4n) is 1.66. The standard InChI is InChI=1S/C10H17NO2Si/c1-14(2,3)10(11)7-5-4-6-8(10)9(12)13/h4-8H,11H2,1-3H3,(H,12,13). The average molecular weight is 211 g/mol. The highest BCUT2D eigenvalue weighted by Crippen LogP contribution is 2.31. The van der Waals surface area contributed by atoms with Crippen molar-refractivity contribution in [3.63, 3.8) is 0 Å². The summed E-state index contributed by atoms with van der Waals surface area (Å²) in [5.41, 5.74) is 6.22. The number of carbonyl (C=O) groups is 1. The Morgan fingerprint density at radius 3 is 2.36 bits per heavy atom. The smallest absolute Gasteiger partial charge is 0.312 e.